The zero-order chi connectivity index (χ0) is 17.2. The number of aromatic nitrogens is 2. The molecule has 0 saturated heterocycles. The van der Waals surface area contributed by atoms with E-state index in [1.54, 1.807) is 12.1 Å². The lowest BCUT2D eigenvalue weighted by atomic mass is 9.95. The predicted molar refractivity (Wildman–Crippen MR) is 95.2 cm³/mol. The van der Waals surface area contributed by atoms with E-state index in [0.717, 1.165) is 35.3 Å². The first-order chi connectivity index (χ1) is 12.3. The van der Waals surface area contributed by atoms with Gasteiger partial charge in [0.15, 0.2) is 5.69 Å². The molecule has 1 fully saturated rings. The number of hydrogen-bond acceptors (Lipinski definition) is 2. The van der Waals surface area contributed by atoms with Gasteiger partial charge in [0, 0.05) is 11.6 Å². The van der Waals surface area contributed by atoms with E-state index in [-0.39, 0.29) is 0 Å². The molecular formula is C20H19N3O. The first kappa shape index (κ1) is 13.6. The highest BCUT2D eigenvalue weighted by molar-refractivity contribution is 5.84. The van der Waals surface area contributed by atoms with Crippen LogP contribution in [0.3, 0.4) is 0 Å². The quantitative estimate of drug-likeness (QED) is 0.651. The van der Waals surface area contributed by atoms with Crippen LogP contribution < -0.4 is 0 Å². The molecule has 24 heavy (non-hydrogen) atoms. The molecule has 1 heterocycles. The first-order valence-electron chi connectivity index (χ1n) is 8.84. The Kier molecular flexibility index (Phi) is 3.41. The highest BCUT2D eigenvalue weighted by Gasteiger charge is 2.22. The summed E-state index contributed by atoms with van der Waals surface area (Å²) in [6, 6.07) is 13.7. The molecule has 1 aliphatic carbocycles. The Morgan fingerprint density at radius 2 is 1.92 bits per heavy atom. The minimum absolute atomic E-state index is 0.444. The predicted octanol–water partition coefficient (Wildman–Crippen LogP) is 5.46. The maximum atomic E-state index is 7.24. The molecular weight excluding hydrogens is 298 g/mol. The van der Waals surface area contributed by atoms with E-state index >= 15 is 0 Å². The van der Waals surface area contributed by atoms with Crippen LogP contribution in [0.5, 0.6) is 5.75 Å². The Morgan fingerprint density at radius 1 is 1.12 bits per heavy atom. The fraction of sp³-hybridized carbons (Fsp3) is 0.300. The second-order valence-electron chi connectivity index (χ2n) is 6.41. The second-order valence-corrected chi connectivity index (χ2v) is 6.41. The van der Waals surface area contributed by atoms with Gasteiger partial charge in [-0.25, -0.2) is 9.83 Å². The molecule has 0 aliphatic heterocycles. The van der Waals surface area contributed by atoms with Gasteiger partial charge in [0.05, 0.1) is 17.6 Å². The van der Waals surface area contributed by atoms with Gasteiger partial charge in [-0.3, -0.25) is 0 Å². The molecule has 4 nitrogen and oxygen atoms in total. The summed E-state index contributed by atoms with van der Waals surface area (Å²) in [5.74, 6) is 1.44. The van der Waals surface area contributed by atoms with Crippen molar-refractivity contribution >= 4 is 16.7 Å². The monoisotopic (exact) mass is 319 g/mol. The summed E-state index contributed by atoms with van der Waals surface area (Å²) in [4.78, 5) is 8.39. The van der Waals surface area contributed by atoms with Gasteiger partial charge >= 0.3 is 0 Å². The third-order valence-corrected chi connectivity index (χ3v) is 4.85. The second kappa shape index (κ2) is 6.01. The third-order valence-electron chi connectivity index (χ3n) is 4.85. The summed E-state index contributed by atoms with van der Waals surface area (Å²) in [5.41, 5.74) is 3.59. The average molecular weight is 319 g/mol. The number of phenols is 1. The molecule has 0 amide bonds. The summed E-state index contributed by atoms with van der Waals surface area (Å²) in [5, 5.41) is 4.53. The van der Waals surface area contributed by atoms with E-state index in [2.05, 4.69) is 14.5 Å². The van der Waals surface area contributed by atoms with Crippen LogP contribution in [0, 0.1) is 6.57 Å². The smallest absolute Gasteiger partial charge is 0.293 e. The van der Waals surface area contributed by atoms with Crippen LogP contribution in [0.2, 0.25) is 0 Å². The Labute approximate surface area is 142 Å². The zero-order valence-electron chi connectivity index (χ0n) is 14.4. The number of aromatic hydroxyl groups is 1. The minimum Gasteiger partial charge on any atom is -0.508 e. The molecule has 0 radical (unpaired) electrons. The minimum atomic E-state index is 0.444. The fourth-order valence-corrected chi connectivity index (χ4v) is 3.67. The van der Waals surface area contributed by atoms with Gasteiger partial charge in [0.1, 0.15) is 11.6 Å². The first-order valence-corrected chi connectivity index (χ1v) is 8.43. The van der Waals surface area contributed by atoms with E-state index in [1.165, 1.54) is 19.3 Å². The summed E-state index contributed by atoms with van der Waals surface area (Å²) in [7, 11) is 0. The molecule has 1 aromatic heterocycles. The lowest BCUT2D eigenvalue weighted by molar-refractivity contribution is 0.362. The number of imidazole rings is 1. The van der Waals surface area contributed by atoms with Crippen molar-refractivity contribution in [3.63, 3.8) is 0 Å². The van der Waals surface area contributed by atoms with Crippen molar-refractivity contribution in [3.05, 3.63) is 53.9 Å². The normalized spacial score (nSPS) is 15.9. The molecule has 0 unspecified atom stereocenters. The molecule has 2 aromatic carbocycles. The zero-order valence-corrected chi connectivity index (χ0v) is 13.4. The van der Waals surface area contributed by atoms with Crippen LogP contribution >= 0.6 is 0 Å². The van der Waals surface area contributed by atoms with E-state index in [9.17, 15) is 0 Å². The van der Waals surface area contributed by atoms with Gasteiger partial charge in [-0.05, 0) is 49.2 Å². The molecule has 3 aromatic rings. The largest absolute Gasteiger partial charge is 0.508 e. The average Bonchev–Trinajstić information content (AvgIpc) is 3.07. The van der Waals surface area contributed by atoms with Gasteiger partial charge in [-0.15, -0.1) is 0 Å². The lowest BCUT2D eigenvalue weighted by Gasteiger charge is -2.25. The lowest BCUT2D eigenvalue weighted by Crippen LogP contribution is -2.13. The molecule has 120 valence electrons. The Morgan fingerprint density at radius 3 is 2.62 bits per heavy atom. The van der Waals surface area contributed by atoms with Crippen molar-refractivity contribution in [3.8, 4) is 17.1 Å². The van der Waals surface area contributed by atoms with Crippen LogP contribution in [0.15, 0.2) is 42.5 Å². The van der Waals surface area contributed by atoms with Crippen LogP contribution in [0.4, 0.5) is 5.69 Å². The maximum Gasteiger partial charge on any atom is 0.293 e. The van der Waals surface area contributed by atoms with Gasteiger partial charge in [0.2, 0.25) is 0 Å². The van der Waals surface area contributed by atoms with Crippen molar-refractivity contribution in [2.45, 2.75) is 38.1 Å². The van der Waals surface area contributed by atoms with E-state index in [1.807, 2.05) is 30.3 Å². The van der Waals surface area contributed by atoms with Crippen molar-refractivity contribution in [2.75, 3.05) is 0 Å². The standard InChI is InChI=1S/C20H19N3O/c1-21-15-9-12-19-18(13-15)22-20(14-7-10-17(24)11-8-14)23(19)16-5-3-2-4-6-16/h7-13,16,24H,2-6H2/i/hT. The van der Waals surface area contributed by atoms with Gasteiger partial charge in [-0.2, -0.15) is 0 Å². The topological polar surface area (TPSA) is 42.4 Å². The fourth-order valence-electron chi connectivity index (χ4n) is 3.67. The number of fused-ring (bicyclic) bond motifs is 1. The van der Waals surface area contributed by atoms with Gasteiger partial charge in [0.25, 0.3) is 1.43 Å². The Hall–Kier alpha value is -2.80. The van der Waals surface area contributed by atoms with Crippen molar-refractivity contribution < 1.29 is 5.11 Å². The van der Waals surface area contributed by atoms with Crippen molar-refractivity contribution in [1.29, 1.82) is 1.43 Å². The molecule has 1 aliphatic rings. The summed E-state index contributed by atoms with van der Waals surface area (Å²) in [6.07, 6.45) is 6.12. The molecule has 0 bridgehead atoms. The van der Waals surface area contributed by atoms with Crippen molar-refractivity contribution in [2.24, 2.45) is 0 Å². The summed E-state index contributed by atoms with van der Waals surface area (Å²) >= 11 is 0. The SMILES string of the molecule is [3H]Oc1ccc(-c2nc3cc([N+]#[C-])ccc3n2C2CCCCC2)cc1. The third kappa shape index (κ3) is 2.52. The molecule has 0 atom stereocenters. The summed E-state index contributed by atoms with van der Waals surface area (Å²) in [6.45, 7) is 7.24. The van der Waals surface area contributed by atoms with Crippen LogP contribution in [-0.4, -0.2) is 16.1 Å². The van der Waals surface area contributed by atoms with Gasteiger partial charge < -0.3 is 9.68 Å². The molecule has 1 saturated carbocycles. The van der Waals surface area contributed by atoms with Gasteiger partial charge in [-0.1, -0.05) is 25.3 Å². The van der Waals surface area contributed by atoms with Crippen LogP contribution in [0.1, 0.15) is 38.1 Å². The highest BCUT2D eigenvalue weighted by atomic mass is 16.3. The van der Waals surface area contributed by atoms with Crippen LogP contribution in [-0.2, 0) is 0 Å². The van der Waals surface area contributed by atoms with Crippen LogP contribution in [0.25, 0.3) is 27.3 Å². The van der Waals surface area contributed by atoms with E-state index in [0.29, 0.717) is 17.5 Å². The maximum absolute atomic E-state index is 7.24. The Balaban J connectivity index is 1.89. The van der Waals surface area contributed by atoms with E-state index < -0.39 is 0 Å². The number of phenolic OH excluding ortho intramolecular Hbond substituents is 1. The number of nitrogens with zero attached hydrogens (tertiary/aromatic N) is 3. The van der Waals surface area contributed by atoms with Crippen molar-refractivity contribution in [1.82, 2.24) is 9.55 Å². The number of benzene rings is 2. The number of hydrogen-bond donors (Lipinski definition) is 1. The molecule has 0 spiro atoms. The number of rotatable bonds is 3. The molecule has 4 heteroatoms. The Bertz CT molecular complexity index is 934. The molecule has 1 N–H and O–H groups in total. The molecule has 4 rings (SSSR count). The highest BCUT2D eigenvalue weighted by Crippen LogP contribution is 2.37. The van der Waals surface area contributed by atoms with E-state index in [4.69, 9.17) is 13.0 Å². The summed E-state index contributed by atoms with van der Waals surface area (Å²) < 4.78 is 9.35.